The van der Waals surface area contributed by atoms with Crippen LogP contribution in [0.25, 0.3) is 0 Å². The van der Waals surface area contributed by atoms with Gasteiger partial charge < -0.3 is 5.32 Å². The van der Waals surface area contributed by atoms with E-state index < -0.39 is 0 Å². The van der Waals surface area contributed by atoms with Gasteiger partial charge in [-0.3, -0.25) is 4.90 Å². The van der Waals surface area contributed by atoms with Gasteiger partial charge in [0, 0.05) is 36.5 Å². The summed E-state index contributed by atoms with van der Waals surface area (Å²) in [6.07, 6.45) is 10.7. The molecule has 1 saturated carbocycles. The van der Waals surface area contributed by atoms with Gasteiger partial charge in [-0.05, 0) is 38.9 Å². The summed E-state index contributed by atoms with van der Waals surface area (Å²) in [5, 5.41) is 4.63. The Kier molecular flexibility index (Phi) is 5.84. The normalized spacial score (nSPS) is 38.8. The first-order chi connectivity index (χ1) is 8.74. The Morgan fingerprint density at radius 1 is 1.33 bits per heavy atom. The number of rotatable bonds is 4. The van der Waals surface area contributed by atoms with Crippen LogP contribution in [0.2, 0.25) is 0 Å². The topological polar surface area (TPSA) is 15.3 Å². The number of nitrogens with one attached hydrogen (secondary N) is 1. The van der Waals surface area contributed by atoms with Gasteiger partial charge in [-0.2, -0.15) is 11.8 Å². The summed E-state index contributed by atoms with van der Waals surface area (Å²) in [6.45, 7) is 7.16. The van der Waals surface area contributed by atoms with Crippen LogP contribution in [0.1, 0.15) is 52.4 Å². The Bertz CT molecular complexity index is 247. The minimum atomic E-state index is 0.726. The van der Waals surface area contributed by atoms with E-state index in [1.54, 1.807) is 0 Å². The van der Waals surface area contributed by atoms with Crippen LogP contribution in [-0.4, -0.2) is 47.6 Å². The molecule has 0 aromatic carbocycles. The van der Waals surface area contributed by atoms with Crippen LogP contribution in [0.5, 0.6) is 0 Å². The van der Waals surface area contributed by atoms with Crippen molar-refractivity contribution in [2.24, 2.45) is 0 Å². The van der Waals surface area contributed by atoms with Crippen LogP contribution in [-0.2, 0) is 0 Å². The molecule has 0 aromatic heterocycles. The summed E-state index contributed by atoms with van der Waals surface area (Å²) in [5.41, 5.74) is 0. The van der Waals surface area contributed by atoms with Crippen LogP contribution in [0.4, 0.5) is 0 Å². The first kappa shape index (κ1) is 14.7. The maximum atomic E-state index is 3.72. The Morgan fingerprint density at radius 2 is 2.17 bits per heavy atom. The molecule has 3 heteroatoms. The highest BCUT2D eigenvalue weighted by molar-refractivity contribution is 7.99. The SMILES string of the molecule is CCCC1CN(C2CCCC(SC)C2)C(C)CN1. The van der Waals surface area contributed by atoms with Gasteiger partial charge >= 0.3 is 0 Å². The van der Waals surface area contributed by atoms with E-state index in [-0.39, 0.29) is 0 Å². The molecule has 1 saturated heterocycles. The highest BCUT2D eigenvalue weighted by Crippen LogP contribution is 2.31. The van der Waals surface area contributed by atoms with Crippen molar-refractivity contribution in [3.63, 3.8) is 0 Å². The molecule has 4 atom stereocenters. The zero-order valence-electron chi connectivity index (χ0n) is 12.3. The molecule has 2 fully saturated rings. The summed E-state index contributed by atoms with van der Waals surface area (Å²) < 4.78 is 0. The molecule has 1 heterocycles. The first-order valence-corrected chi connectivity index (χ1v) is 9.05. The lowest BCUT2D eigenvalue weighted by molar-refractivity contribution is 0.0693. The van der Waals surface area contributed by atoms with Gasteiger partial charge in [0.1, 0.15) is 0 Å². The van der Waals surface area contributed by atoms with Crippen LogP contribution in [0, 0.1) is 0 Å². The van der Waals surface area contributed by atoms with E-state index in [1.165, 1.54) is 51.6 Å². The average Bonchev–Trinajstić information content (AvgIpc) is 2.41. The zero-order valence-corrected chi connectivity index (χ0v) is 13.1. The summed E-state index contributed by atoms with van der Waals surface area (Å²) in [6, 6.07) is 2.32. The number of thioether (sulfide) groups is 1. The molecular weight excluding hydrogens is 240 g/mol. The fourth-order valence-electron chi connectivity index (χ4n) is 3.64. The third-order valence-electron chi connectivity index (χ3n) is 4.74. The van der Waals surface area contributed by atoms with Gasteiger partial charge in [0.15, 0.2) is 0 Å². The maximum absolute atomic E-state index is 3.72. The highest BCUT2D eigenvalue weighted by atomic mass is 32.2. The van der Waals surface area contributed by atoms with Crippen LogP contribution >= 0.6 is 11.8 Å². The van der Waals surface area contributed by atoms with E-state index in [9.17, 15) is 0 Å². The van der Waals surface area contributed by atoms with E-state index >= 15 is 0 Å². The second-order valence-corrected chi connectivity index (χ2v) is 7.26. The third-order valence-corrected chi connectivity index (χ3v) is 5.83. The standard InChI is InChI=1S/C15H30N2S/c1-4-6-13-11-17(12(2)10-16-13)14-7-5-8-15(9-14)18-3/h12-16H,4-11H2,1-3H3. The monoisotopic (exact) mass is 270 g/mol. The molecule has 0 amide bonds. The predicted molar refractivity (Wildman–Crippen MR) is 82.4 cm³/mol. The van der Waals surface area contributed by atoms with Crippen LogP contribution < -0.4 is 5.32 Å². The van der Waals surface area contributed by atoms with Crippen LogP contribution in [0.15, 0.2) is 0 Å². The molecule has 0 radical (unpaired) electrons. The summed E-state index contributed by atoms with van der Waals surface area (Å²) in [7, 11) is 0. The van der Waals surface area contributed by atoms with Gasteiger partial charge in [0.25, 0.3) is 0 Å². The maximum Gasteiger partial charge on any atom is 0.0196 e. The molecule has 2 rings (SSSR count). The molecule has 2 nitrogen and oxygen atoms in total. The van der Waals surface area contributed by atoms with Gasteiger partial charge in [-0.25, -0.2) is 0 Å². The van der Waals surface area contributed by atoms with E-state index in [4.69, 9.17) is 0 Å². The van der Waals surface area contributed by atoms with Crippen molar-refractivity contribution in [2.75, 3.05) is 19.3 Å². The minimum absolute atomic E-state index is 0.726. The molecule has 1 aliphatic carbocycles. The molecule has 4 unspecified atom stereocenters. The van der Waals surface area contributed by atoms with Crippen molar-refractivity contribution in [1.82, 2.24) is 10.2 Å². The van der Waals surface area contributed by atoms with Gasteiger partial charge in [-0.15, -0.1) is 0 Å². The van der Waals surface area contributed by atoms with Crippen molar-refractivity contribution >= 4 is 11.8 Å². The van der Waals surface area contributed by atoms with E-state index in [1.807, 2.05) is 0 Å². The molecular formula is C15H30N2S. The molecule has 106 valence electrons. The zero-order chi connectivity index (χ0) is 13.0. The largest absolute Gasteiger partial charge is 0.311 e. The van der Waals surface area contributed by atoms with Crippen molar-refractivity contribution in [3.8, 4) is 0 Å². The summed E-state index contributed by atoms with van der Waals surface area (Å²) in [5.74, 6) is 0. The highest BCUT2D eigenvalue weighted by Gasteiger charge is 2.32. The first-order valence-electron chi connectivity index (χ1n) is 7.76. The number of hydrogen-bond acceptors (Lipinski definition) is 3. The quantitative estimate of drug-likeness (QED) is 0.845. The molecule has 1 aliphatic heterocycles. The Morgan fingerprint density at radius 3 is 2.89 bits per heavy atom. The molecule has 18 heavy (non-hydrogen) atoms. The Balaban J connectivity index is 1.92. The number of nitrogens with zero attached hydrogens (tertiary/aromatic N) is 1. The fourth-order valence-corrected chi connectivity index (χ4v) is 4.46. The predicted octanol–water partition coefficient (Wildman–Crippen LogP) is 3.12. The summed E-state index contributed by atoms with van der Waals surface area (Å²) in [4.78, 5) is 2.82. The smallest absolute Gasteiger partial charge is 0.0196 e. The van der Waals surface area contributed by atoms with Gasteiger partial charge in [0.2, 0.25) is 0 Å². The fraction of sp³-hybridized carbons (Fsp3) is 1.00. The molecule has 0 aromatic rings. The molecule has 0 spiro atoms. The lowest BCUT2D eigenvalue weighted by Gasteiger charge is -2.46. The van der Waals surface area contributed by atoms with E-state index in [0.29, 0.717) is 0 Å². The van der Waals surface area contributed by atoms with Crippen molar-refractivity contribution in [2.45, 2.75) is 75.7 Å². The lowest BCUT2D eigenvalue weighted by atomic mass is 9.91. The number of hydrogen-bond donors (Lipinski definition) is 1. The van der Waals surface area contributed by atoms with Crippen LogP contribution in [0.3, 0.4) is 0 Å². The average molecular weight is 270 g/mol. The number of piperazine rings is 1. The molecule has 1 N–H and O–H groups in total. The second-order valence-electron chi connectivity index (χ2n) is 6.12. The third kappa shape index (κ3) is 3.64. The van der Waals surface area contributed by atoms with Crippen molar-refractivity contribution in [3.05, 3.63) is 0 Å². The molecule has 0 bridgehead atoms. The molecule has 2 aliphatic rings. The Hall–Kier alpha value is 0.270. The van der Waals surface area contributed by atoms with E-state index in [0.717, 1.165) is 23.4 Å². The second kappa shape index (κ2) is 7.16. The summed E-state index contributed by atoms with van der Waals surface area (Å²) >= 11 is 2.08. The Labute approximate surface area is 117 Å². The van der Waals surface area contributed by atoms with Crippen molar-refractivity contribution < 1.29 is 0 Å². The minimum Gasteiger partial charge on any atom is -0.311 e. The van der Waals surface area contributed by atoms with E-state index in [2.05, 4.69) is 42.1 Å². The van der Waals surface area contributed by atoms with Gasteiger partial charge in [0.05, 0.1) is 0 Å². The van der Waals surface area contributed by atoms with Crippen molar-refractivity contribution in [1.29, 1.82) is 0 Å². The van der Waals surface area contributed by atoms with Gasteiger partial charge in [-0.1, -0.05) is 19.8 Å². The lowest BCUT2D eigenvalue weighted by Crippen LogP contribution is -2.59.